The number of halogens is 2. The van der Waals surface area contributed by atoms with E-state index in [0.717, 1.165) is 22.2 Å². The zero-order valence-electron chi connectivity index (χ0n) is 15.0. The van der Waals surface area contributed by atoms with Gasteiger partial charge in [-0.3, -0.25) is 0 Å². The third kappa shape index (κ3) is 3.03. The zero-order chi connectivity index (χ0) is 20.2. The van der Waals surface area contributed by atoms with Gasteiger partial charge in [-0.15, -0.1) is 9.49 Å². The van der Waals surface area contributed by atoms with E-state index in [4.69, 9.17) is 16.0 Å². The molecule has 0 radical (unpaired) electrons. The van der Waals surface area contributed by atoms with E-state index in [9.17, 15) is 12.8 Å². The number of sulfone groups is 1. The highest BCUT2D eigenvalue weighted by atomic mass is 35.5. The third-order valence-corrected chi connectivity index (χ3v) is 7.80. The summed E-state index contributed by atoms with van der Waals surface area (Å²) in [5.74, 6) is -0.617. The Morgan fingerprint density at radius 1 is 1.14 bits per heavy atom. The predicted molar refractivity (Wildman–Crippen MR) is 105 cm³/mol. The second kappa shape index (κ2) is 6.67. The molecular formula is C20H15ClFN3O3S. The quantitative estimate of drug-likeness (QED) is 0.521. The Morgan fingerprint density at radius 3 is 2.66 bits per heavy atom. The Bertz CT molecular complexity index is 1320. The lowest BCUT2D eigenvalue weighted by Crippen LogP contribution is -2.24. The normalized spacial score (nSPS) is 17.5. The number of nitrogens with one attached hydrogen (secondary N) is 1. The summed E-state index contributed by atoms with van der Waals surface area (Å²) in [6, 6.07) is 13.6. The van der Waals surface area contributed by atoms with E-state index in [2.05, 4.69) is 15.2 Å². The van der Waals surface area contributed by atoms with Gasteiger partial charge in [-0.05, 0) is 54.7 Å². The van der Waals surface area contributed by atoms with E-state index in [0.29, 0.717) is 17.9 Å². The SMILES string of the molecule is O=S(=O)(c1ccccc1)C(c1nnc(F)o1)C1Cc2[nH]c3ccc(Cl)cc3c2C1. The van der Waals surface area contributed by atoms with Gasteiger partial charge in [0.2, 0.25) is 5.89 Å². The van der Waals surface area contributed by atoms with Crippen molar-refractivity contribution in [3.8, 4) is 0 Å². The van der Waals surface area contributed by atoms with Gasteiger partial charge in [0, 0.05) is 21.6 Å². The van der Waals surface area contributed by atoms with Gasteiger partial charge in [-0.2, -0.15) is 0 Å². The molecule has 0 fully saturated rings. The molecule has 0 saturated heterocycles. The van der Waals surface area contributed by atoms with Crippen molar-refractivity contribution in [3.63, 3.8) is 0 Å². The Balaban J connectivity index is 1.60. The van der Waals surface area contributed by atoms with E-state index in [1.807, 2.05) is 12.1 Å². The summed E-state index contributed by atoms with van der Waals surface area (Å²) in [6.45, 7) is 0. The first-order valence-electron chi connectivity index (χ1n) is 9.00. The van der Waals surface area contributed by atoms with Gasteiger partial charge in [0.1, 0.15) is 5.25 Å². The second-order valence-corrected chi connectivity index (χ2v) is 9.62. The smallest absolute Gasteiger partial charge is 0.398 e. The first-order valence-corrected chi connectivity index (χ1v) is 10.9. The number of hydrogen-bond acceptors (Lipinski definition) is 5. The van der Waals surface area contributed by atoms with Crippen LogP contribution in [0.5, 0.6) is 0 Å². The van der Waals surface area contributed by atoms with Crippen molar-refractivity contribution in [1.29, 1.82) is 0 Å². The summed E-state index contributed by atoms with van der Waals surface area (Å²) in [4.78, 5) is 3.47. The summed E-state index contributed by atoms with van der Waals surface area (Å²) in [5.41, 5.74) is 2.91. The van der Waals surface area contributed by atoms with Crippen molar-refractivity contribution in [2.75, 3.05) is 0 Å². The van der Waals surface area contributed by atoms with Gasteiger partial charge in [0.25, 0.3) is 0 Å². The van der Waals surface area contributed by atoms with Crippen molar-refractivity contribution in [3.05, 3.63) is 76.8 Å². The van der Waals surface area contributed by atoms with Gasteiger partial charge >= 0.3 is 6.14 Å². The van der Waals surface area contributed by atoms with E-state index in [1.165, 1.54) is 12.1 Å². The summed E-state index contributed by atoms with van der Waals surface area (Å²) >= 11 is 6.14. The fourth-order valence-electron chi connectivity index (χ4n) is 4.17. The summed E-state index contributed by atoms with van der Waals surface area (Å²) in [7, 11) is -3.88. The lowest BCUT2D eigenvalue weighted by atomic mass is 10.0. The van der Waals surface area contributed by atoms with Crippen LogP contribution in [0.3, 0.4) is 0 Å². The number of benzene rings is 2. The minimum atomic E-state index is -3.88. The van der Waals surface area contributed by atoms with Crippen LogP contribution in [-0.2, 0) is 22.7 Å². The lowest BCUT2D eigenvalue weighted by Gasteiger charge is -2.20. The van der Waals surface area contributed by atoms with Crippen LogP contribution in [0.25, 0.3) is 10.9 Å². The zero-order valence-corrected chi connectivity index (χ0v) is 16.5. The number of H-pyrrole nitrogens is 1. The van der Waals surface area contributed by atoms with Crippen LogP contribution in [0.15, 0.2) is 57.8 Å². The molecule has 0 spiro atoms. The Kier molecular flexibility index (Phi) is 4.22. The molecule has 9 heteroatoms. The second-order valence-electron chi connectivity index (χ2n) is 7.11. The minimum Gasteiger partial charge on any atom is -0.398 e. The lowest BCUT2D eigenvalue weighted by molar-refractivity contribution is 0.302. The van der Waals surface area contributed by atoms with Crippen LogP contribution in [0.4, 0.5) is 4.39 Å². The van der Waals surface area contributed by atoms with Crippen LogP contribution in [-0.4, -0.2) is 23.6 Å². The minimum absolute atomic E-state index is 0.132. The largest absolute Gasteiger partial charge is 0.402 e. The van der Waals surface area contributed by atoms with Crippen LogP contribution in [0, 0.1) is 12.1 Å². The number of aromatic amines is 1. The highest BCUT2D eigenvalue weighted by molar-refractivity contribution is 7.91. The molecule has 0 bridgehead atoms. The Hall–Kier alpha value is -2.71. The topological polar surface area (TPSA) is 88.8 Å². The molecule has 1 aliphatic carbocycles. The van der Waals surface area contributed by atoms with E-state index < -0.39 is 21.2 Å². The molecule has 2 atom stereocenters. The first-order chi connectivity index (χ1) is 13.9. The first kappa shape index (κ1) is 18.3. The van der Waals surface area contributed by atoms with Crippen molar-refractivity contribution in [2.45, 2.75) is 23.0 Å². The molecule has 148 valence electrons. The monoisotopic (exact) mass is 431 g/mol. The Labute approximate surface area is 170 Å². The highest BCUT2D eigenvalue weighted by Gasteiger charge is 2.43. The van der Waals surface area contributed by atoms with Gasteiger partial charge in [-0.25, -0.2) is 8.42 Å². The average molecular weight is 432 g/mol. The molecule has 0 amide bonds. The van der Waals surface area contributed by atoms with Crippen LogP contribution in [0.2, 0.25) is 5.02 Å². The summed E-state index contributed by atoms with van der Waals surface area (Å²) < 4.78 is 45.3. The van der Waals surface area contributed by atoms with Crippen LogP contribution >= 0.6 is 11.6 Å². The molecule has 2 heterocycles. The molecule has 1 N–H and O–H groups in total. The maximum Gasteiger partial charge on any atom is 0.402 e. The van der Waals surface area contributed by atoms with Crippen molar-refractivity contribution in [1.82, 2.24) is 15.2 Å². The summed E-state index contributed by atoms with van der Waals surface area (Å²) in [5, 5.41) is 7.33. The van der Waals surface area contributed by atoms with Crippen molar-refractivity contribution in [2.24, 2.45) is 5.92 Å². The number of fused-ring (bicyclic) bond motifs is 3. The predicted octanol–water partition coefficient (Wildman–Crippen LogP) is 4.27. The van der Waals surface area contributed by atoms with E-state index in [1.54, 1.807) is 24.3 Å². The van der Waals surface area contributed by atoms with Crippen LogP contribution in [0.1, 0.15) is 22.4 Å². The molecule has 1 aliphatic rings. The maximum atomic E-state index is 13.5. The molecule has 2 aromatic heterocycles. The van der Waals surface area contributed by atoms with Gasteiger partial charge in [-0.1, -0.05) is 34.9 Å². The van der Waals surface area contributed by atoms with E-state index >= 15 is 0 Å². The van der Waals surface area contributed by atoms with Gasteiger partial charge in [0.15, 0.2) is 9.84 Å². The molecule has 0 aliphatic heterocycles. The van der Waals surface area contributed by atoms with Gasteiger partial charge in [0.05, 0.1) is 4.90 Å². The molecule has 4 aromatic rings. The molecule has 2 unspecified atom stereocenters. The fourth-order valence-corrected chi connectivity index (χ4v) is 6.23. The van der Waals surface area contributed by atoms with E-state index in [-0.39, 0.29) is 16.7 Å². The highest BCUT2D eigenvalue weighted by Crippen LogP contribution is 2.44. The maximum absolute atomic E-state index is 13.5. The number of rotatable bonds is 4. The van der Waals surface area contributed by atoms with Crippen LogP contribution < -0.4 is 0 Å². The third-order valence-electron chi connectivity index (χ3n) is 5.38. The molecule has 5 rings (SSSR count). The number of hydrogen-bond donors (Lipinski definition) is 1. The van der Waals surface area contributed by atoms with Crippen molar-refractivity contribution >= 4 is 32.3 Å². The fraction of sp³-hybridized carbons (Fsp3) is 0.200. The average Bonchev–Trinajstić information content (AvgIpc) is 3.38. The molecule has 2 aromatic carbocycles. The standard InChI is InChI=1S/C20H15ClFN3O3S/c21-12-6-7-16-15(10-12)14-8-11(9-17(14)23-16)18(19-24-25-20(22)28-19)29(26,27)13-4-2-1-3-5-13/h1-7,10-11,18,23H,8-9H2. The number of nitrogens with zero attached hydrogens (tertiary/aromatic N) is 2. The van der Waals surface area contributed by atoms with Crippen molar-refractivity contribution < 1.29 is 17.2 Å². The summed E-state index contributed by atoms with van der Waals surface area (Å²) in [6.07, 6.45) is -0.222. The molecule has 29 heavy (non-hydrogen) atoms. The Morgan fingerprint density at radius 2 is 1.93 bits per heavy atom. The molecular weight excluding hydrogens is 417 g/mol. The molecule has 0 saturated carbocycles. The van der Waals surface area contributed by atoms with Gasteiger partial charge < -0.3 is 9.40 Å². The molecule has 6 nitrogen and oxygen atoms in total. The number of aromatic nitrogens is 3.